The topological polar surface area (TPSA) is 71.3 Å². The molecule has 0 saturated carbocycles. The molecule has 1 amide bonds. The molecule has 4 aromatic carbocycles. The number of halogens is 4. The molecule has 0 atom stereocenters. The highest BCUT2D eigenvalue weighted by molar-refractivity contribution is 6.42. The van der Waals surface area contributed by atoms with E-state index in [0.717, 1.165) is 11.1 Å². The summed E-state index contributed by atoms with van der Waals surface area (Å²) < 4.78 is 11.7. The number of carbonyl (C=O) groups excluding carboxylic acids is 1. The quantitative estimate of drug-likeness (QED) is 0.154. The molecule has 0 aromatic heterocycles. The number of nitrogens with zero attached hydrogens (tertiary/aromatic N) is 1. The average molecular weight is 598 g/mol. The zero-order valence-electron chi connectivity index (χ0n) is 20.3. The first kappa shape index (κ1) is 28.4. The molecule has 1 N–H and O–H groups in total. The van der Waals surface area contributed by atoms with Gasteiger partial charge in [-0.15, -0.1) is 0 Å². The zero-order chi connectivity index (χ0) is 27.8. The van der Waals surface area contributed by atoms with Gasteiger partial charge in [-0.25, -0.2) is 0 Å². The largest absolute Gasteiger partial charge is 0.489 e. The van der Waals surface area contributed by atoms with Crippen molar-refractivity contribution in [3.8, 4) is 17.6 Å². The lowest BCUT2D eigenvalue weighted by atomic mass is 10.1. The molecule has 0 aliphatic carbocycles. The normalized spacial score (nSPS) is 11.0. The van der Waals surface area contributed by atoms with Crippen molar-refractivity contribution in [3.63, 3.8) is 0 Å². The van der Waals surface area contributed by atoms with Gasteiger partial charge in [0.25, 0.3) is 5.91 Å². The smallest absolute Gasteiger partial charge is 0.266 e. The van der Waals surface area contributed by atoms with Gasteiger partial charge in [-0.2, -0.15) is 5.26 Å². The predicted octanol–water partition coefficient (Wildman–Crippen LogP) is 9.00. The van der Waals surface area contributed by atoms with E-state index in [1.807, 2.05) is 12.1 Å². The van der Waals surface area contributed by atoms with Gasteiger partial charge < -0.3 is 14.8 Å². The van der Waals surface area contributed by atoms with Gasteiger partial charge in [0.1, 0.15) is 36.4 Å². The molecule has 0 radical (unpaired) electrons. The van der Waals surface area contributed by atoms with Gasteiger partial charge in [-0.3, -0.25) is 4.79 Å². The van der Waals surface area contributed by atoms with Gasteiger partial charge in [0.2, 0.25) is 0 Å². The summed E-state index contributed by atoms with van der Waals surface area (Å²) in [6.45, 7) is 0.490. The second-order valence-electron chi connectivity index (χ2n) is 8.25. The van der Waals surface area contributed by atoms with Crippen molar-refractivity contribution in [2.75, 3.05) is 5.32 Å². The average Bonchev–Trinajstić information content (AvgIpc) is 2.93. The van der Waals surface area contributed by atoms with Crippen LogP contribution in [0.5, 0.6) is 11.5 Å². The number of nitriles is 1. The maximum atomic E-state index is 12.8. The van der Waals surface area contributed by atoms with Crippen LogP contribution in [0.4, 0.5) is 5.69 Å². The van der Waals surface area contributed by atoms with Crippen LogP contribution in [-0.4, -0.2) is 5.91 Å². The minimum atomic E-state index is -0.557. The van der Waals surface area contributed by atoms with Gasteiger partial charge >= 0.3 is 0 Å². The molecule has 39 heavy (non-hydrogen) atoms. The van der Waals surface area contributed by atoms with Crippen LogP contribution in [0, 0.1) is 11.3 Å². The molecule has 0 unspecified atom stereocenters. The van der Waals surface area contributed by atoms with Crippen molar-refractivity contribution in [3.05, 3.63) is 127 Å². The first-order valence-corrected chi connectivity index (χ1v) is 13.1. The molecule has 0 fully saturated rings. The SMILES string of the molecule is N#C/C(=C\c1ccccc1OCc1ccc(Cl)c(Cl)c1)C(=O)Nc1ccc(OCc2ccc(Cl)cc2Cl)cc1. The Balaban J connectivity index is 1.40. The summed E-state index contributed by atoms with van der Waals surface area (Å²) in [5.74, 6) is 0.535. The number of benzene rings is 4. The van der Waals surface area contributed by atoms with E-state index in [4.69, 9.17) is 55.9 Å². The van der Waals surface area contributed by atoms with Gasteiger partial charge in [-0.1, -0.05) is 76.7 Å². The molecule has 0 bridgehead atoms. The molecule has 0 aliphatic heterocycles. The van der Waals surface area contributed by atoms with Crippen molar-refractivity contribution in [1.82, 2.24) is 0 Å². The Morgan fingerprint density at radius 3 is 2.31 bits per heavy atom. The van der Waals surface area contributed by atoms with Crippen LogP contribution in [0.1, 0.15) is 16.7 Å². The summed E-state index contributed by atoms with van der Waals surface area (Å²) in [7, 11) is 0. The number of para-hydroxylation sites is 1. The molecular formula is C30H20Cl4N2O3. The first-order valence-electron chi connectivity index (χ1n) is 11.6. The lowest BCUT2D eigenvalue weighted by molar-refractivity contribution is -0.112. The van der Waals surface area contributed by atoms with Gasteiger partial charge in [0.15, 0.2) is 0 Å². The number of amides is 1. The van der Waals surface area contributed by atoms with Crippen molar-refractivity contribution >= 4 is 64.1 Å². The Morgan fingerprint density at radius 2 is 1.59 bits per heavy atom. The number of rotatable bonds is 9. The van der Waals surface area contributed by atoms with Crippen LogP contribution in [0.25, 0.3) is 6.08 Å². The molecule has 0 aliphatic rings. The van der Waals surface area contributed by atoms with Crippen molar-refractivity contribution in [1.29, 1.82) is 5.26 Å². The summed E-state index contributed by atoms with van der Waals surface area (Å²) in [4.78, 5) is 12.8. The second kappa shape index (κ2) is 13.4. The highest BCUT2D eigenvalue weighted by Gasteiger charge is 2.12. The summed E-state index contributed by atoms with van der Waals surface area (Å²) in [6, 6.07) is 26.3. The highest BCUT2D eigenvalue weighted by Crippen LogP contribution is 2.27. The lowest BCUT2D eigenvalue weighted by Crippen LogP contribution is -2.13. The van der Waals surface area contributed by atoms with Crippen LogP contribution in [0.15, 0.2) is 90.5 Å². The van der Waals surface area contributed by atoms with Crippen LogP contribution >= 0.6 is 46.4 Å². The van der Waals surface area contributed by atoms with Crippen LogP contribution in [-0.2, 0) is 18.0 Å². The summed E-state index contributed by atoms with van der Waals surface area (Å²) in [5.41, 5.74) is 2.61. The molecule has 0 saturated heterocycles. The van der Waals surface area contributed by atoms with E-state index in [2.05, 4.69) is 5.32 Å². The Labute approximate surface area is 246 Å². The van der Waals surface area contributed by atoms with E-state index >= 15 is 0 Å². The monoisotopic (exact) mass is 596 g/mol. The molecule has 4 aromatic rings. The van der Waals surface area contributed by atoms with E-state index in [1.54, 1.807) is 78.9 Å². The van der Waals surface area contributed by atoms with Crippen LogP contribution < -0.4 is 14.8 Å². The van der Waals surface area contributed by atoms with E-state index < -0.39 is 5.91 Å². The standard InChI is InChI=1S/C30H20Cl4N2O3/c31-23-7-6-21(27(33)15-23)18-38-25-10-8-24(9-11-25)36-30(37)22(16-35)14-20-3-1-2-4-29(20)39-17-19-5-12-26(32)28(34)13-19/h1-15H,17-18H2,(H,36,37)/b22-14+. The third-order valence-electron chi connectivity index (χ3n) is 5.48. The zero-order valence-corrected chi connectivity index (χ0v) is 23.3. The third kappa shape index (κ3) is 7.92. The number of carbonyl (C=O) groups is 1. The van der Waals surface area contributed by atoms with E-state index in [-0.39, 0.29) is 18.8 Å². The molecule has 0 heterocycles. The fraction of sp³-hybridized carbons (Fsp3) is 0.0667. The van der Waals surface area contributed by atoms with Crippen molar-refractivity contribution in [2.45, 2.75) is 13.2 Å². The van der Waals surface area contributed by atoms with Crippen molar-refractivity contribution in [2.24, 2.45) is 0 Å². The lowest BCUT2D eigenvalue weighted by Gasteiger charge is -2.11. The van der Waals surface area contributed by atoms with E-state index in [1.165, 1.54) is 6.08 Å². The maximum Gasteiger partial charge on any atom is 0.266 e. The molecular weight excluding hydrogens is 578 g/mol. The second-order valence-corrected chi connectivity index (χ2v) is 9.91. The molecule has 196 valence electrons. The van der Waals surface area contributed by atoms with E-state index in [9.17, 15) is 10.1 Å². The van der Waals surface area contributed by atoms with Crippen molar-refractivity contribution < 1.29 is 14.3 Å². The predicted molar refractivity (Wildman–Crippen MR) is 157 cm³/mol. The fourth-order valence-corrected chi connectivity index (χ4v) is 4.24. The van der Waals surface area contributed by atoms with Crippen LogP contribution in [0.3, 0.4) is 0 Å². The number of anilines is 1. The maximum absolute atomic E-state index is 12.8. The Hall–Kier alpha value is -3.66. The highest BCUT2D eigenvalue weighted by atomic mass is 35.5. The fourth-order valence-electron chi connectivity index (χ4n) is 3.46. The third-order valence-corrected chi connectivity index (χ3v) is 6.81. The van der Waals surface area contributed by atoms with Gasteiger partial charge in [-0.05, 0) is 66.2 Å². The first-order chi connectivity index (χ1) is 18.8. The summed E-state index contributed by atoms with van der Waals surface area (Å²) in [6.07, 6.45) is 1.48. The summed E-state index contributed by atoms with van der Waals surface area (Å²) in [5, 5.41) is 14.4. The van der Waals surface area contributed by atoms with Gasteiger partial charge in [0, 0.05) is 26.9 Å². The molecule has 9 heteroatoms. The number of hydrogen-bond acceptors (Lipinski definition) is 4. The minimum absolute atomic E-state index is 0.0849. The number of nitrogens with one attached hydrogen (secondary N) is 1. The van der Waals surface area contributed by atoms with Gasteiger partial charge in [0.05, 0.1) is 10.0 Å². The molecule has 4 rings (SSSR count). The molecule has 5 nitrogen and oxygen atoms in total. The molecule has 0 spiro atoms. The van der Waals surface area contributed by atoms with Crippen LogP contribution in [0.2, 0.25) is 20.1 Å². The van der Waals surface area contributed by atoms with E-state index in [0.29, 0.717) is 42.8 Å². The number of hydrogen-bond donors (Lipinski definition) is 1. The Kier molecular flexibility index (Phi) is 9.75. The Bertz CT molecular complexity index is 1560. The minimum Gasteiger partial charge on any atom is -0.489 e. The Morgan fingerprint density at radius 1 is 0.821 bits per heavy atom. The summed E-state index contributed by atoms with van der Waals surface area (Å²) >= 11 is 24.2. The number of ether oxygens (including phenoxy) is 2.